The van der Waals surface area contributed by atoms with Gasteiger partial charge in [-0.2, -0.15) is 0 Å². The maximum atomic E-state index is 11.4. The molecule has 2 N–H and O–H groups in total. The third kappa shape index (κ3) is 3.76. The van der Waals surface area contributed by atoms with E-state index in [9.17, 15) is 4.79 Å². The van der Waals surface area contributed by atoms with Gasteiger partial charge in [-0.3, -0.25) is 9.69 Å². The highest BCUT2D eigenvalue weighted by Gasteiger charge is 2.34. The highest BCUT2D eigenvalue weighted by Crippen LogP contribution is 2.20. The van der Waals surface area contributed by atoms with E-state index in [-0.39, 0.29) is 31.3 Å². The minimum Gasteiger partial charge on any atom is -0.491 e. The molecule has 6 nitrogen and oxygen atoms in total. The van der Waals surface area contributed by atoms with Crippen LogP contribution in [0.1, 0.15) is 12.0 Å². The molecule has 120 valence electrons. The number of ether oxygens (including phenoxy) is 2. The number of amides is 1. The molecule has 0 saturated carbocycles. The Morgan fingerprint density at radius 2 is 2.18 bits per heavy atom. The number of aliphatic hydroxyl groups is 1. The fraction of sp³-hybridized carbons (Fsp3) is 0.562. The van der Waals surface area contributed by atoms with Crippen molar-refractivity contribution >= 4 is 5.91 Å². The molecule has 2 fully saturated rings. The quantitative estimate of drug-likeness (QED) is 0.810. The molecule has 2 saturated heterocycles. The highest BCUT2D eigenvalue weighted by atomic mass is 16.5. The van der Waals surface area contributed by atoms with E-state index in [4.69, 9.17) is 14.6 Å². The Bertz CT molecular complexity index is 505. The molecule has 1 aromatic rings. The monoisotopic (exact) mass is 306 g/mol. The molecule has 0 spiro atoms. The van der Waals surface area contributed by atoms with Crippen molar-refractivity contribution in [1.29, 1.82) is 0 Å². The number of nitrogens with one attached hydrogen (secondary N) is 1. The summed E-state index contributed by atoms with van der Waals surface area (Å²) in [6, 6.07) is 8.01. The molecule has 22 heavy (non-hydrogen) atoms. The average Bonchev–Trinajstić information content (AvgIpc) is 2.54. The van der Waals surface area contributed by atoms with Crippen LogP contribution in [-0.4, -0.2) is 61.0 Å². The molecule has 0 unspecified atom stereocenters. The maximum Gasteiger partial charge on any atom is 0.246 e. The maximum absolute atomic E-state index is 11.4. The van der Waals surface area contributed by atoms with E-state index in [2.05, 4.69) is 10.2 Å². The number of aliphatic hydroxyl groups excluding tert-OH is 1. The lowest BCUT2D eigenvalue weighted by Gasteiger charge is -2.41. The molecule has 0 aromatic heterocycles. The van der Waals surface area contributed by atoms with Crippen molar-refractivity contribution in [1.82, 2.24) is 10.2 Å². The fourth-order valence-corrected chi connectivity index (χ4v) is 3.02. The van der Waals surface area contributed by atoms with Crippen LogP contribution in [0.25, 0.3) is 0 Å². The smallest absolute Gasteiger partial charge is 0.246 e. The molecule has 2 aliphatic heterocycles. The molecule has 3 rings (SSSR count). The van der Waals surface area contributed by atoms with Crippen molar-refractivity contribution in [2.45, 2.75) is 25.1 Å². The normalized spacial score (nSPS) is 25.4. The first kappa shape index (κ1) is 15.3. The summed E-state index contributed by atoms with van der Waals surface area (Å²) in [5, 5.41) is 11.8. The van der Waals surface area contributed by atoms with Crippen LogP contribution in [0.4, 0.5) is 0 Å². The number of hydrogen-bond acceptors (Lipinski definition) is 5. The Morgan fingerprint density at radius 3 is 2.95 bits per heavy atom. The van der Waals surface area contributed by atoms with Crippen molar-refractivity contribution < 1.29 is 19.4 Å². The molecular formula is C16H22N2O4. The van der Waals surface area contributed by atoms with E-state index in [1.165, 1.54) is 5.56 Å². The number of carbonyl (C=O) groups excluding carboxylic acids is 1. The first-order valence-corrected chi connectivity index (χ1v) is 7.70. The molecule has 1 aromatic carbocycles. The summed E-state index contributed by atoms with van der Waals surface area (Å²) < 4.78 is 10.9. The van der Waals surface area contributed by atoms with Crippen molar-refractivity contribution in [2.24, 2.45) is 0 Å². The van der Waals surface area contributed by atoms with Gasteiger partial charge in [-0.05, 0) is 24.1 Å². The largest absolute Gasteiger partial charge is 0.491 e. The van der Waals surface area contributed by atoms with Crippen molar-refractivity contribution in [3.05, 3.63) is 29.8 Å². The van der Waals surface area contributed by atoms with Crippen molar-refractivity contribution in [3.8, 4) is 5.75 Å². The second-order valence-corrected chi connectivity index (χ2v) is 5.76. The van der Waals surface area contributed by atoms with Crippen LogP contribution >= 0.6 is 0 Å². The van der Waals surface area contributed by atoms with Gasteiger partial charge in [0.25, 0.3) is 0 Å². The summed E-state index contributed by atoms with van der Waals surface area (Å²) in [5.74, 6) is 0.748. The van der Waals surface area contributed by atoms with Crippen LogP contribution in [0.3, 0.4) is 0 Å². The third-order valence-electron chi connectivity index (χ3n) is 4.10. The van der Waals surface area contributed by atoms with E-state index < -0.39 is 0 Å². The molecule has 1 amide bonds. The summed E-state index contributed by atoms with van der Waals surface area (Å²) in [4.78, 5) is 13.8. The van der Waals surface area contributed by atoms with Gasteiger partial charge >= 0.3 is 0 Å². The average molecular weight is 306 g/mol. The lowest BCUT2D eigenvalue weighted by molar-refractivity contribution is -0.140. The number of fused-ring (bicyclic) bond motifs is 1. The number of rotatable bonds is 5. The number of carbonyl (C=O) groups is 1. The van der Waals surface area contributed by atoms with Gasteiger partial charge in [0, 0.05) is 19.6 Å². The molecule has 0 radical (unpaired) electrons. The van der Waals surface area contributed by atoms with Gasteiger partial charge in [-0.25, -0.2) is 0 Å². The summed E-state index contributed by atoms with van der Waals surface area (Å²) in [6.45, 7) is 3.16. The summed E-state index contributed by atoms with van der Waals surface area (Å²) in [6.07, 6.45) is 1.10. The van der Waals surface area contributed by atoms with Gasteiger partial charge in [0.15, 0.2) is 0 Å². The molecule has 2 atom stereocenters. The minimum atomic E-state index is -0.0199. The predicted octanol–water partition coefficient (Wildman–Crippen LogP) is 0.147. The fourth-order valence-electron chi connectivity index (χ4n) is 3.02. The van der Waals surface area contributed by atoms with Crippen LogP contribution in [0.5, 0.6) is 5.75 Å². The van der Waals surface area contributed by atoms with E-state index in [1.54, 1.807) is 0 Å². The van der Waals surface area contributed by atoms with Crippen LogP contribution in [0, 0.1) is 0 Å². The number of hydrogen-bond donors (Lipinski definition) is 2. The van der Waals surface area contributed by atoms with Crippen LogP contribution in [-0.2, 0) is 16.1 Å². The van der Waals surface area contributed by atoms with E-state index in [0.29, 0.717) is 6.61 Å². The predicted molar refractivity (Wildman–Crippen MR) is 80.6 cm³/mol. The number of likely N-dealkylation sites (tertiary alicyclic amines) is 1. The zero-order chi connectivity index (χ0) is 15.4. The third-order valence-corrected chi connectivity index (χ3v) is 4.10. The summed E-state index contributed by atoms with van der Waals surface area (Å²) in [7, 11) is 0. The zero-order valence-electron chi connectivity index (χ0n) is 12.5. The van der Waals surface area contributed by atoms with Gasteiger partial charge < -0.3 is 19.9 Å². The number of nitrogens with zero attached hydrogens (tertiary/aromatic N) is 1. The summed E-state index contributed by atoms with van der Waals surface area (Å²) >= 11 is 0. The van der Waals surface area contributed by atoms with Crippen molar-refractivity contribution in [3.63, 3.8) is 0 Å². The molecule has 6 heteroatoms. The second kappa shape index (κ2) is 7.09. The SMILES string of the molecule is O=C1CO[C@@H]2CCN(Cc3ccc(OCCO)cc3)C[C@@H]2N1. The van der Waals surface area contributed by atoms with Gasteiger partial charge in [0.05, 0.1) is 18.8 Å². The zero-order valence-corrected chi connectivity index (χ0v) is 12.5. The van der Waals surface area contributed by atoms with E-state index in [1.807, 2.05) is 24.3 Å². The highest BCUT2D eigenvalue weighted by molar-refractivity contribution is 5.78. The van der Waals surface area contributed by atoms with Gasteiger partial charge in [-0.15, -0.1) is 0 Å². The molecular weight excluding hydrogens is 284 g/mol. The van der Waals surface area contributed by atoms with Crippen molar-refractivity contribution in [2.75, 3.05) is 32.9 Å². The number of benzene rings is 1. The Morgan fingerprint density at radius 1 is 1.36 bits per heavy atom. The second-order valence-electron chi connectivity index (χ2n) is 5.76. The van der Waals surface area contributed by atoms with Gasteiger partial charge in [-0.1, -0.05) is 12.1 Å². The first-order valence-electron chi connectivity index (χ1n) is 7.70. The Kier molecular flexibility index (Phi) is 4.92. The molecule has 0 bridgehead atoms. The minimum absolute atomic E-state index is 0.0197. The first-order chi connectivity index (χ1) is 10.7. The number of morpholine rings is 1. The number of piperidine rings is 1. The van der Waals surface area contributed by atoms with Gasteiger partial charge in [0.1, 0.15) is 19.0 Å². The standard InChI is InChI=1S/C16H22N2O4/c19-7-8-21-13-3-1-12(2-4-13)9-18-6-5-15-14(10-18)17-16(20)11-22-15/h1-4,14-15,19H,5-11H2,(H,17,20)/t14-,15+/m0/s1. The van der Waals surface area contributed by atoms with Crippen LogP contribution in [0.2, 0.25) is 0 Å². The molecule has 2 heterocycles. The Balaban J connectivity index is 1.53. The molecule has 2 aliphatic rings. The molecule has 0 aliphatic carbocycles. The van der Waals surface area contributed by atoms with Gasteiger partial charge in [0.2, 0.25) is 5.91 Å². The van der Waals surface area contributed by atoms with Crippen LogP contribution < -0.4 is 10.1 Å². The Labute approximate surface area is 130 Å². The summed E-state index contributed by atoms with van der Waals surface area (Å²) in [5.41, 5.74) is 1.21. The topological polar surface area (TPSA) is 71.0 Å². The van der Waals surface area contributed by atoms with Crippen LogP contribution in [0.15, 0.2) is 24.3 Å². The lowest BCUT2D eigenvalue weighted by Crippen LogP contribution is -2.60. The van der Waals surface area contributed by atoms with E-state index in [0.717, 1.165) is 31.8 Å². The van der Waals surface area contributed by atoms with E-state index >= 15 is 0 Å². The Hall–Kier alpha value is -1.63. The lowest BCUT2D eigenvalue weighted by atomic mass is 10.00.